The Bertz CT molecular complexity index is 1220. The Morgan fingerprint density at radius 1 is 1.23 bits per heavy atom. The summed E-state index contributed by atoms with van der Waals surface area (Å²) >= 11 is 0. The van der Waals surface area contributed by atoms with Gasteiger partial charge in [0.15, 0.2) is 5.65 Å². The first kappa shape index (κ1) is 18.6. The molecule has 0 aliphatic heterocycles. The Kier molecular flexibility index (Phi) is 4.59. The van der Waals surface area contributed by atoms with Gasteiger partial charge in [0, 0.05) is 25.6 Å². The molecule has 5 rings (SSSR count). The zero-order valence-corrected chi connectivity index (χ0v) is 16.6. The van der Waals surface area contributed by atoms with E-state index < -0.39 is 6.10 Å². The van der Waals surface area contributed by atoms with Crippen molar-refractivity contribution >= 4 is 17.0 Å². The Labute approximate surface area is 172 Å². The second-order valence-electron chi connectivity index (χ2n) is 7.73. The predicted molar refractivity (Wildman–Crippen MR) is 113 cm³/mol. The van der Waals surface area contributed by atoms with E-state index in [1.54, 1.807) is 28.8 Å². The first-order valence-corrected chi connectivity index (χ1v) is 10.1. The zero-order chi connectivity index (χ0) is 20.7. The lowest BCUT2D eigenvalue weighted by molar-refractivity contribution is 0.171. The molecule has 0 bridgehead atoms. The highest BCUT2D eigenvalue weighted by Gasteiger charge is 2.26. The number of benzene rings is 1. The van der Waals surface area contributed by atoms with E-state index in [2.05, 4.69) is 20.5 Å². The minimum Gasteiger partial charge on any atom is -0.391 e. The van der Waals surface area contributed by atoms with Gasteiger partial charge in [0.25, 0.3) is 5.56 Å². The molecule has 0 saturated heterocycles. The molecule has 0 spiro atoms. The van der Waals surface area contributed by atoms with Crippen LogP contribution in [0.25, 0.3) is 16.7 Å². The number of hydrogen-bond acceptors (Lipinski definition) is 6. The van der Waals surface area contributed by atoms with Crippen LogP contribution in [0.3, 0.4) is 0 Å². The summed E-state index contributed by atoms with van der Waals surface area (Å²) in [5.74, 6) is 0.437. The van der Waals surface area contributed by atoms with Crippen molar-refractivity contribution in [3.63, 3.8) is 0 Å². The van der Waals surface area contributed by atoms with Crippen LogP contribution in [0.1, 0.15) is 24.8 Å². The summed E-state index contributed by atoms with van der Waals surface area (Å²) in [6, 6.07) is 9.83. The molecule has 3 aromatic heterocycles. The Balaban J connectivity index is 1.40. The molecule has 9 nitrogen and oxygen atoms in total. The molecule has 2 atom stereocenters. The van der Waals surface area contributed by atoms with Gasteiger partial charge in [-0.1, -0.05) is 12.1 Å². The zero-order valence-electron chi connectivity index (χ0n) is 16.6. The van der Waals surface area contributed by atoms with Crippen LogP contribution < -0.4 is 10.9 Å². The minimum atomic E-state index is -0.417. The second-order valence-corrected chi connectivity index (χ2v) is 7.73. The van der Waals surface area contributed by atoms with E-state index in [-0.39, 0.29) is 11.6 Å². The van der Waals surface area contributed by atoms with Gasteiger partial charge in [-0.25, -0.2) is 4.68 Å². The topological polar surface area (TPSA) is 103 Å². The van der Waals surface area contributed by atoms with Crippen LogP contribution in [-0.4, -0.2) is 46.4 Å². The van der Waals surface area contributed by atoms with E-state index in [1.165, 1.54) is 4.57 Å². The normalized spacial score (nSPS) is 18.9. The average Bonchev–Trinajstić information content (AvgIpc) is 3.49. The third kappa shape index (κ3) is 3.37. The number of rotatable bonds is 5. The van der Waals surface area contributed by atoms with E-state index >= 15 is 0 Å². The van der Waals surface area contributed by atoms with Crippen molar-refractivity contribution in [1.29, 1.82) is 0 Å². The van der Waals surface area contributed by atoms with E-state index in [9.17, 15) is 9.90 Å². The summed E-state index contributed by atoms with van der Waals surface area (Å²) in [7, 11) is 1.68. The van der Waals surface area contributed by atoms with Crippen molar-refractivity contribution in [2.45, 2.75) is 38.0 Å². The molecule has 3 heterocycles. The number of fused-ring (bicyclic) bond motifs is 1. The fourth-order valence-electron chi connectivity index (χ4n) is 3.94. The third-order valence-corrected chi connectivity index (χ3v) is 5.65. The van der Waals surface area contributed by atoms with Crippen molar-refractivity contribution in [3.8, 4) is 5.69 Å². The van der Waals surface area contributed by atoms with Crippen LogP contribution in [0.15, 0.2) is 53.7 Å². The number of aliphatic hydroxyl groups is 1. The number of anilines is 1. The molecule has 1 aromatic carbocycles. The van der Waals surface area contributed by atoms with Gasteiger partial charge in [-0.05, 0) is 43.0 Å². The van der Waals surface area contributed by atoms with Crippen LogP contribution in [0.2, 0.25) is 0 Å². The van der Waals surface area contributed by atoms with Crippen LogP contribution >= 0.6 is 0 Å². The molecule has 1 aliphatic rings. The Hall–Kier alpha value is -3.46. The van der Waals surface area contributed by atoms with Gasteiger partial charge in [-0.3, -0.25) is 14.0 Å². The highest BCUT2D eigenvalue weighted by Crippen LogP contribution is 2.22. The van der Waals surface area contributed by atoms with Crippen LogP contribution in [0, 0.1) is 0 Å². The second kappa shape index (κ2) is 7.42. The van der Waals surface area contributed by atoms with Gasteiger partial charge in [-0.15, -0.1) is 0 Å². The van der Waals surface area contributed by atoms with E-state index in [1.807, 2.05) is 36.5 Å². The predicted octanol–water partition coefficient (Wildman–Crippen LogP) is 1.69. The molecule has 1 aliphatic carbocycles. The van der Waals surface area contributed by atoms with Crippen LogP contribution in [-0.2, 0) is 13.6 Å². The highest BCUT2D eigenvalue weighted by atomic mass is 16.3. The smallest absolute Gasteiger partial charge is 0.265 e. The fraction of sp³-hybridized carbons (Fsp3) is 0.333. The standard InChI is InChI=1S/C21H23N7O2/c1-26-20(30)16-13-27(12-14-6-8-15(9-7-14)28-11-3-10-22-28)25-19(16)24-21(26)23-17-4-2-5-18(17)29/h3,6-11,13,17-18,29H,2,4-5,12H2,1H3,(H,23,24,25)/t17-,18-/m1/s1. The number of aromatic nitrogens is 6. The molecule has 0 unspecified atom stereocenters. The summed E-state index contributed by atoms with van der Waals surface area (Å²) in [4.78, 5) is 17.3. The van der Waals surface area contributed by atoms with Gasteiger partial charge in [0.05, 0.1) is 24.4 Å². The van der Waals surface area contributed by atoms with Gasteiger partial charge >= 0.3 is 0 Å². The SMILES string of the molecule is Cn1c(N[C@@H]2CCC[C@H]2O)nc2nn(Cc3ccc(-n4cccn4)cc3)cc2c1=O. The van der Waals surface area contributed by atoms with E-state index in [4.69, 9.17) is 0 Å². The summed E-state index contributed by atoms with van der Waals surface area (Å²) in [6.45, 7) is 0.531. The van der Waals surface area contributed by atoms with Crippen LogP contribution in [0.5, 0.6) is 0 Å². The van der Waals surface area contributed by atoms with Gasteiger partial charge < -0.3 is 10.4 Å². The number of nitrogens with one attached hydrogen (secondary N) is 1. The lowest BCUT2D eigenvalue weighted by Crippen LogP contribution is -2.32. The molecule has 0 amide bonds. The Morgan fingerprint density at radius 3 is 2.77 bits per heavy atom. The van der Waals surface area contributed by atoms with E-state index in [0.29, 0.717) is 23.5 Å². The quantitative estimate of drug-likeness (QED) is 0.524. The maximum atomic E-state index is 12.8. The van der Waals surface area contributed by atoms with Crippen molar-refractivity contribution < 1.29 is 5.11 Å². The average molecular weight is 405 g/mol. The molecule has 1 fully saturated rings. The summed E-state index contributed by atoms with van der Waals surface area (Å²) in [5, 5.41) is 22.5. The third-order valence-electron chi connectivity index (χ3n) is 5.65. The summed E-state index contributed by atoms with van der Waals surface area (Å²) < 4.78 is 5.02. The summed E-state index contributed by atoms with van der Waals surface area (Å²) in [6.07, 6.45) is 7.54. The molecular formula is C21H23N7O2. The summed E-state index contributed by atoms with van der Waals surface area (Å²) in [5.41, 5.74) is 2.29. The largest absolute Gasteiger partial charge is 0.391 e. The number of hydrogen-bond donors (Lipinski definition) is 2. The lowest BCUT2D eigenvalue weighted by atomic mass is 10.2. The maximum absolute atomic E-state index is 12.8. The molecule has 0 radical (unpaired) electrons. The first-order valence-electron chi connectivity index (χ1n) is 10.1. The molecule has 2 N–H and O–H groups in total. The van der Waals surface area contributed by atoms with Crippen molar-refractivity contribution in [1.82, 2.24) is 29.1 Å². The maximum Gasteiger partial charge on any atom is 0.265 e. The van der Waals surface area contributed by atoms with Crippen molar-refractivity contribution in [2.24, 2.45) is 7.05 Å². The fourth-order valence-corrected chi connectivity index (χ4v) is 3.94. The molecule has 154 valence electrons. The molecule has 30 heavy (non-hydrogen) atoms. The highest BCUT2D eigenvalue weighted by molar-refractivity contribution is 5.74. The molecule has 4 aromatic rings. The Morgan fingerprint density at radius 2 is 2.07 bits per heavy atom. The van der Waals surface area contributed by atoms with Gasteiger partial charge in [-0.2, -0.15) is 15.2 Å². The van der Waals surface area contributed by atoms with Crippen LogP contribution in [0.4, 0.5) is 5.95 Å². The number of aliphatic hydroxyl groups excluding tert-OH is 1. The minimum absolute atomic E-state index is 0.0871. The first-order chi connectivity index (χ1) is 14.6. The molecular weight excluding hydrogens is 382 g/mol. The van der Waals surface area contributed by atoms with Gasteiger partial charge in [0.1, 0.15) is 5.39 Å². The van der Waals surface area contributed by atoms with Gasteiger partial charge in [0.2, 0.25) is 5.95 Å². The monoisotopic (exact) mass is 405 g/mol. The number of nitrogens with zero attached hydrogens (tertiary/aromatic N) is 6. The van der Waals surface area contributed by atoms with Crippen molar-refractivity contribution in [3.05, 3.63) is 64.8 Å². The van der Waals surface area contributed by atoms with E-state index in [0.717, 1.165) is 30.5 Å². The molecule has 1 saturated carbocycles. The van der Waals surface area contributed by atoms with Crippen molar-refractivity contribution in [2.75, 3.05) is 5.32 Å². The molecule has 9 heteroatoms. The lowest BCUT2D eigenvalue weighted by Gasteiger charge is -2.18.